The average molecular weight is 343 g/mol. The van der Waals surface area contributed by atoms with Crippen LogP contribution in [0.1, 0.15) is 37.2 Å². The van der Waals surface area contributed by atoms with Crippen LogP contribution in [0.4, 0.5) is 0 Å². The number of nitrogens with zero attached hydrogens (tertiary/aromatic N) is 4. The zero-order chi connectivity index (χ0) is 18.0. The summed E-state index contributed by atoms with van der Waals surface area (Å²) in [7, 11) is 0. The third kappa shape index (κ3) is 3.57. The van der Waals surface area contributed by atoms with Crippen LogP contribution in [0.25, 0.3) is 0 Å². The van der Waals surface area contributed by atoms with Crippen LogP contribution in [0, 0.1) is 6.92 Å². The number of amides is 1. The summed E-state index contributed by atoms with van der Waals surface area (Å²) in [6, 6.07) is 9.56. The number of aromatic nitrogens is 2. The Labute approximate surface area is 147 Å². The summed E-state index contributed by atoms with van der Waals surface area (Å²) in [5, 5.41) is 3.85. The van der Waals surface area contributed by atoms with Crippen molar-refractivity contribution < 1.29 is 9.32 Å². The number of benzene rings is 1. The minimum atomic E-state index is -1.02. The van der Waals surface area contributed by atoms with Gasteiger partial charge in [0.25, 0.3) is 0 Å². The number of carbonyl (C=O) groups is 1. The van der Waals surface area contributed by atoms with E-state index in [1.165, 1.54) is 0 Å². The van der Waals surface area contributed by atoms with Crippen LogP contribution in [0.3, 0.4) is 0 Å². The first kappa shape index (κ1) is 17.6. The smallest absolute Gasteiger partial charge is 0.247 e. The van der Waals surface area contributed by atoms with Gasteiger partial charge in [0, 0.05) is 26.2 Å². The molecule has 1 aliphatic rings. The van der Waals surface area contributed by atoms with Crippen molar-refractivity contribution in [3.8, 4) is 0 Å². The van der Waals surface area contributed by atoms with E-state index in [0.717, 1.165) is 18.7 Å². The quantitative estimate of drug-likeness (QED) is 0.904. The molecule has 2 N–H and O–H groups in total. The summed E-state index contributed by atoms with van der Waals surface area (Å²) < 4.78 is 5.26. The molecule has 1 aromatic heterocycles. The van der Waals surface area contributed by atoms with E-state index in [1.54, 1.807) is 6.92 Å². The van der Waals surface area contributed by atoms with Crippen molar-refractivity contribution in [2.45, 2.75) is 32.4 Å². The highest BCUT2D eigenvalue weighted by molar-refractivity contribution is 5.87. The largest absolute Gasteiger partial charge is 0.338 e. The van der Waals surface area contributed by atoms with Crippen LogP contribution in [-0.4, -0.2) is 52.0 Å². The summed E-state index contributed by atoms with van der Waals surface area (Å²) >= 11 is 0. The molecule has 0 aliphatic carbocycles. The predicted molar refractivity (Wildman–Crippen MR) is 93.6 cm³/mol. The lowest BCUT2D eigenvalue weighted by molar-refractivity contribution is -0.139. The maximum absolute atomic E-state index is 12.9. The van der Waals surface area contributed by atoms with Crippen molar-refractivity contribution in [3.05, 3.63) is 47.6 Å². The van der Waals surface area contributed by atoms with Crippen molar-refractivity contribution >= 4 is 5.91 Å². The lowest BCUT2D eigenvalue weighted by Crippen LogP contribution is -2.56. The van der Waals surface area contributed by atoms with Crippen molar-refractivity contribution in [3.63, 3.8) is 0 Å². The van der Waals surface area contributed by atoms with Gasteiger partial charge in [-0.25, -0.2) is 0 Å². The van der Waals surface area contributed by atoms with Gasteiger partial charge in [0.05, 0.1) is 6.04 Å². The highest BCUT2D eigenvalue weighted by Crippen LogP contribution is 2.24. The molecule has 1 aliphatic heterocycles. The van der Waals surface area contributed by atoms with E-state index in [1.807, 2.05) is 49.1 Å². The summed E-state index contributed by atoms with van der Waals surface area (Å²) in [4.78, 5) is 21.3. The number of rotatable bonds is 4. The van der Waals surface area contributed by atoms with Crippen LogP contribution >= 0.6 is 0 Å². The lowest BCUT2D eigenvalue weighted by Gasteiger charge is -2.40. The number of hydrogen-bond donors (Lipinski definition) is 1. The number of nitrogens with two attached hydrogens (primary N) is 1. The Balaban J connectivity index is 1.63. The normalized spacial score (nSPS) is 19.4. The molecule has 1 fully saturated rings. The molecule has 3 rings (SSSR count). The van der Waals surface area contributed by atoms with Gasteiger partial charge in [-0.2, -0.15) is 4.98 Å². The molecule has 0 bridgehead atoms. The Hall–Kier alpha value is -2.25. The second-order valence-corrected chi connectivity index (χ2v) is 6.75. The fraction of sp³-hybridized carbons (Fsp3) is 0.500. The van der Waals surface area contributed by atoms with E-state index in [2.05, 4.69) is 15.0 Å². The number of carbonyl (C=O) groups excluding carboxylic acids is 1. The van der Waals surface area contributed by atoms with Crippen LogP contribution in [0.2, 0.25) is 0 Å². The summed E-state index contributed by atoms with van der Waals surface area (Å²) in [5.41, 5.74) is 6.18. The van der Waals surface area contributed by atoms with E-state index in [9.17, 15) is 4.79 Å². The summed E-state index contributed by atoms with van der Waals surface area (Å²) in [6.07, 6.45) is 0. The highest BCUT2D eigenvalue weighted by Gasteiger charge is 2.36. The first-order chi connectivity index (χ1) is 11.9. The molecule has 2 atom stereocenters. The molecule has 1 aromatic carbocycles. The molecule has 2 heterocycles. The topological polar surface area (TPSA) is 88.5 Å². The molecule has 1 amide bonds. The number of hydrogen-bond acceptors (Lipinski definition) is 6. The van der Waals surface area contributed by atoms with E-state index < -0.39 is 5.54 Å². The molecule has 0 spiro atoms. The minimum Gasteiger partial charge on any atom is -0.338 e. The van der Waals surface area contributed by atoms with E-state index in [-0.39, 0.29) is 11.9 Å². The maximum atomic E-state index is 12.9. The molecule has 0 radical (unpaired) electrons. The number of aryl methyl sites for hydroxylation is 1. The zero-order valence-corrected chi connectivity index (χ0v) is 15.0. The Kier molecular flexibility index (Phi) is 4.87. The van der Waals surface area contributed by atoms with Gasteiger partial charge in [0.15, 0.2) is 5.82 Å². The molecule has 2 unspecified atom stereocenters. The average Bonchev–Trinajstić information content (AvgIpc) is 3.07. The van der Waals surface area contributed by atoms with Crippen LogP contribution in [0.15, 0.2) is 34.9 Å². The monoisotopic (exact) mass is 343 g/mol. The van der Waals surface area contributed by atoms with Gasteiger partial charge >= 0.3 is 0 Å². The first-order valence-corrected chi connectivity index (χ1v) is 8.57. The van der Waals surface area contributed by atoms with Crippen molar-refractivity contribution in [2.24, 2.45) is 5.73 Å². The molecule has 0 saturated carbocycles. The SMILES string of the molecule is Cc1noc(C(C)N2CCN(C(=O)C(C)(N)c3ccccc3)CC2)n1. The predicted octanol–water partition coefficient (Wildman–Crippen LogP) is 1.46. The third-order valence-electron chi connectivity index (χ3n) is 4.87. The van der Waals surface area contributed by atoms with Crippen molar-refractivity contribution in [1.82, 2.24) is 19.9 Å². The molecule has 7 heteroatoms. The molecule has 1 saturated heterocycles. The van der Waals surface area contributed by atoms with Gasteiger partial charge < -0.3 is 15.2 Å². The third-order valence-corrected chi connectivity index (χ3v) is 4.87. The molecular weight excluding hydrogens is 318 g/mol. The molecule has 2 aromatic rings. The highest BCUT2D eigenvalue weighted by atomic mass is 16.5. The molecule has 134 valence electrons. The van der Waals surface area contributed by atoms with Gasteiger partial charge in [-0.3, -0.25) is 9.69 Å². The van der Waals surface area contributed by atoms with E-state index in [0.29, 0.717) is 24.8 Å². The Bertz CT molecular complexity index is 720. The van der Waals surface area contributed by atoms with Gasteiger partial charge in [-0.1, -0.05) is 35.5 Å². The summed E-state index contributed by atoms with van der Waals surface area (Å²) in [6.45, 7) is 8.40. The van der Waals surface area contributed by atoms with Crippen molar-refractivity contribution in [2.75, 3.05) is 26.2 Å². The van der Waals surface area contributed by atoms with Crippen LogP contribution < -0.4 is 5.73 Å². The first-order valence-electron chi connectivity index (χ1n) is 8.57. The van der Waals surface area contributed by atoms with Gasteiger partial charge in [0.2, 0.25) is 11.8 Å². The fourth-order valence-corrected chi connectivity index (χ4v) is 3.19. The Morgan fingerprint density at radius 2 is 1.88 bits per heavy atom. The Morgan fingerprint density at radius 1 is 1.24 bits per heavy atom. The second-order valence-electron chi connectivity index (χ2n) is 6.75. The minimum absolute atomic E-state index is 0.0387. The van der Waals surface area contributed by atoms with Crippen molar-refractivity contribution in [1.29, 1.82) is 0 Å². The van der Waals surface area contributed by atoms with Crippen LogP contribution in [0.5, 0.6) is 0 Å². The fourth-order valence-electron chi connectivity index (χ4n) is 3.19. The Morgan fingerprint density at radius 3 is 2.44 bits per heavy atom. The van der Waals surface area contributed by atoms with E-state index in [4.69, 9.17) is 10.3 Å². The van der Waals surface area contributed by atoms with E-state index >= 15 is 0 Å². The van der Waals surface area contributed by atoms with Crippen LogP contribution in [-0.2, 0) is 10.3 Å². The lowest BCUT2D eigenvalue weighted by atomic mass is 9.91. The summed E-state index contributed by atoms with van der Waals surface area (Å²) in [5.74, 6) is 1.21. The number of piperazine rings is 1. The van der Waals surface area contributed by atoms with Gasteiger partial charge in [0.1, 0.15) is 5.54 Å². The standard InChI is InChI=1S/C18H25N5O2/c1-13(16-20-14(2)21-25-16)22-9-11-23(12-10-22)17(24)18(3,19)15-7-5-4-6-8-15/h4-8,13H,9-12,19H2,1-3H3. The molecule has 7 nitrogen and oxygen atoms in total. The zero-order valence-electron chi connectivity index (χ0n) is 15.0. The maximum Gasteiger partial charge on any atom is 0.247 e. The van der Waals surface area contributed by atoms with Gasteiger partial charge in [-0.15, -0.1) is 0 Å². The molecular formula is C18H25N5O2. The van der Waals surface area contributed by atoms with Gasteiger partial charge in [-0.05, 0) is 26.3 Å². The molecule has 25 heavy (non-hydrogen) atoms. The second kappa shape index (κ2) is 6.93.